The second-order valence-corrected chi connectivity index (χ2v) is 7.03. The summed E-state index contributed by atoms with van der Waals surface area (Å²) in [5.74, 6) is 0.242. The molecule has 5 heteroatoms. The van der Waals surface area contributed by atoms with Crippen molar-refractivity contribution in [2.45, 2.75) is 19.4 Å². The van der Waals surface area contributed by atoms with Gasteiger partial charge < -0.3 is 15.4 Å². The largest absolute Gasteiger partial charge is 0.492 e. The zero-order valence-corrected chi connectivity index (χ0v) is 17.0. The molecule has 30 heavy (non-hydrogen) atoms. The Bertz CT molecular complexity index is 941. The van der Waals surface area contributed by atoms with Crippen molar-refractivity contribution < 1.29 is 14.3 Å². The third-order valence-corrected chi connectivity index (χ3v) is 4.63. The summed E-state index contributed by atoms with van der Waals surface area (Å²) in [5.41, 5.74) is 2.65. The van der Waals surface area contributed by atoms with Crippen molar-refractivity contribution >= 4 is 11.8 Å². The van der Waals surface area contributed by atoms with E-state index in [9.17, 15) is 9.59 Å². The minimum Gasteiger partial charge on any atom is -0.492 e. The van der Waals surface area contributed by atoms with Gasteiger partial charge in [0.15, 0.2) is 0 Å². The molecule has 0 saturated heterocycles. The predicted octanol–water partition coefficient (Wildman–Crippen LogP) is 3.53. The number of hydrogen-bond donors (Lipinski definition) is 2. The maximum atomic E-state index is 12.8. The molecule has 2 amide bonds. The van der Waals surface area contributed by atoms with Gasteiger partial charge in [0.25, 0.3) is 5.91 Å². The quantitative estimate of drug-likeness (QED) is 0.538. The number of carbonyl (C=O) groups excluding carboxylic acids is 2. The van der Waals surface area contributed by atoms with Crippen LogP contribution in [0.15, 0.2) is 84.9 Å². The topological polar surface area (TPSA) is 67.4 Å². The Morgan fingerprint density at radius 3 is 2.17 bits per heavy atom. The average Bonchev–Trinajstić information content (AvgIpc) is 2.78. The number of amides is 2. The van der Waals surface area contributed by atoms with Crippen LogP contribution in [-0.4, -0.2) is 31.0 Å². The van der Waals surface area contributed by atoms with Crippen molar-refractivity contribution in [3.63, 3.8) is 0 Å². The van der Waals surface area contributed by atoms with Crippen LogP contribution in [0.3, 0.4) is 0 Å². The highest BCUT2D eigenvalue weighted by molar-refractivity contribution is 5.97. The van der Waals surface area contributed by atoms with Crippen molar-refractivity contribution in [3.05, 3.63) is 102 Å². The Morgan fingerprint density at radius 1 is 0.867 bits per heavy atom. The summed E-state index contributed by atoms with van der Waals surface area (Å²) < 4.78 is 5.66. The molecular weight excluding hydrogens is 376 g/mol. The van der Waals surface area contributed by atoms with E-state index in [2.05, 4.69) is 10.6 Å². The smallest absolute Gasteiger partial charge is 0.251 e. The van der Waals surface area contributed by atoms with Gasteiger partial charge in [0.1, 0.15) is 18.4 Å². The summed E-state index contributed by atoms with van der Waals surface area (Å²) in [6, 6.07) is 25.6. The van der Waals surface area contributed by atoms with E-state index >= 15 is 0 Å². The molecule has 2 N–H and O–H groups in total. The Morgan fingerprint density at radius 2 is 1.50 bits per heavy atom. The Labute approximate surface area is 177 Å². The molecule has 5 nitrogen and oxygen atoms in total. The van der Waals surface area contributed by atoms with Crippen molar-refractivity contribution in [2.24, 2.45) is 0 Å². The third-order valence-electron chi connectivity index (χ3n) is 4.63. The summed E-state index contributed by atoms with van der Waals surface area (Å²) in [6.07, 6.45) is 0.407. The molecule has 154 valence electrons. The number of carbonyl (C=O) groups is 2. The molecule has 3 aromatic carbocycles. The van der Waals surface area contributed by atoms with Crippen LogP contribution < -0.4 is 15.4 Å². The first kappa shape index (κ1) is 21.1. The standard InChI is InChI=1S/C25H26N2O3/c1-19-12-14-22(15-13-19)30-17-16-26-25(29)23(18-20-8-4-2-5-9-20)27-24(28)21-10-6-3-7-11-21/h2-15,23H,16-18H2,1H3,(H,26,29)(H,27,28). The summed E-state index contributed by atoms with van der Waals surface area (Å²) in [6.45, 7) is 2.71. The van der Waals surface area contributed by atoms with Crippen LogP contribution in [-0.2, 0) is 11.2 Å². The lowest BCUT2D eigenvalue weighted by atomic mass is 10.0. The van der Waals surface area contributed by atoms with Gasteiger partial charge in [-0.2, -0.15) is 0 Å². The van der Waals surface area contributed by atoms with Gasteiger partial charge in [-0.1, -0.05) is 66.2 Å². The zero-order chi connectivity index (χ0) is 21.2. The molecule has 3 aromatic rings. The van der Waals surface area contributed by atoms with Gasteiger partial charge in [-0.05, 0) is 36.8 Å². The van der Waals surface area contributed by atoms with Crippen molar-refractivity contribution in [2.75, 3.05) is 13.2 Å². The van der Waals surface area contributed by atoms with Gasteiger partial charge in [-0.15, -0.1) is 0 Å². The molecule has 0 aliphatic heterocycles. The minimum atomic E-state index is -0.681. The van der Waals surface area contributed by atoms with Gasteiger partial charge in [0.2, 0.25) is 5.91 Å². The fraction of sp³-hybridized carbons (Fsp3) is 0.200. The SMILES string of the molecule is Cc1ccc(OCCNC(=O)C(Cc2ccccc2)NC(=O)c2ccccc2)cc1. The summed E-state index contributed by atoms with van der Waals surface area (Å²) in [5, 5.41) is 5.72. The minimum absolute atomic E-state index is 0.240. The first-order valence-electron chi connectivity index (χ1n) is 9.99. The van der Waals surface area contributed by atoms with E-state index in [0.29, 0.717) is 25.1 Å². The average molecular weight is 402 g/mol. The van der Waals surface area contributed by atoms with Crippen molar-refractivity contribution in [1.82, 2.24) is 10.6 Å². The lowest BCUT2D eigenvalue weighted by Crippen LogP contribution is -2.48. The highest BCUT2D eigenvalue weighted by Gasteiger charge is 2.21. The van der Waals surface area contributed by atoms with Gasteiger partial charge in [-0.25, -0.2) is 0 Å². The molecule has 0 spiro atoms. The van der Waals surface area contributed by atoms with Gasteiger partial charge in [-0.3, -0.25) is 9.59 Å². The highest BCUT2D eigenvalue weighted by Crippen LogP contribution is 2.11. The molecular formula is C25H26N2O3. The van der Waals surface area contributed by atoms with Crippen LogP contribution in [0.4, 0.5) is 0 Å². The van der Waals surface area contributed by atoms with Crippen LogP contribution in [0, 0.1) is 6.92 Å². The second kappa shape index (κ2) is 10.8. The molecule has 1 unspecified atom stereocenters. The van der Waals surface area contributed by atoms with Crippen LogP contribution in [0.1, 0.15) is 21.5 Å². The van der Waals surface area contributed by atoms with E-state index in [4.69, 9.17) is 4.74 Å². The van der Waals surface area contributed by atoms with Crippen LogP contribution in [0.25, 0.3) is 0 Å². The lowest BCUT2D eigenvalue weighted by molar-refractivity contribution is -0.123. The highest BCUT2D eigenvalue weighted by atomic mass is 16.5. The molecule has 0 aliphatic carbocycles. The number of rotatable bonds is 9. The van der Waals surface area contributed by atoms with E-state index in [1.807, 2.05) is 67.6 Å². The van der Waals surface area contributed by atoms with Crippen LogP contribution >= 0.6 is 0 Å². The van der Waals surface area contributed by atoms with Crippen molar-refractivity contribution in [1.29, 1.82) is 0 Å². The van der Waals surface area contributed by atoms with Crippen LogP contribution in [0.5, 0.6) is 5.75 Å². The molecule has 0 radical (unpaired) electrons. The van der Waals surface area contributed by atoms with E-state index < -0.39 is 6.04 Å². The number of ether oxygens (including phenoxy) is 1. The molecule has 0 bridgehead atoms. The number of nitrogens with one attached hydrogen (secondary N) is 2. The molecule has 0 aliphatic rings. The van der Waals surface area contributed by atoms with E-state index in [0.717, 1.165) is 16.9 Å². The molecule has 0 saturated carbocycles. The van der Waals surface area contributed by atoms with E-state index in [1.54, 1.807) is 24.3 Å². The maximum Gasteiger partial charge on any atom is 0.251 e. The molecule has 0 heterocycles. The molecule has 3 rings (SSSR count). The maximum absolute atomic E-state index is 12.8. The van der Waals surface area contributed by atoms with Crippen molar-refractivity contribution in [3.8, 4) is 5.75 Å². The van der Waals surface area contributed by atoms with E-state index in [1.165, 1.54) is 0 Å². The fourth-order valence-electron chi connectivity index (χ4n) is 2.99. The number of aryl methyl sites for hydroxylation is 1. The normalized spacial score (nSPS) is 11.4. The van der Waals surface area contributed by atoms with Crippen LogP contribution in [0.2, 0.25) is 0 Å². The second-order valence-electron chi connectivity index (χ2n) is 7.03. The summed E-state index contributed by atoms with van der Waals surface area (Å²) >= 11 is 0. The molecule has 1 atom stereocenters. The Hall–Kier alpha value is -3.60. The lowest BCUT2D eigenvalue weighted by Gasteiger charge is -2.19. The van der Waals surface area contributed by atoms with Gasteiger partial charge >= 0.3 is 0 Å². The first-order chi connectivity index (χ1) is 14.6. The zero-order valence-electron chi connectivity index (χ0n) is 17.0. The first-order valence-corrected chi connectivity index (χ1v) is 9.99. The summed E-state index contributed by atoms with van der Waals surface area (Å²) in [4.78, 5) is 25.4. The number of hydrogen-bond acceptors (Lipinski definition) is 3. The molecule has 0 fully saturated rings. The van der Waals surface area contributed by atoms with Gasteiger partial charge in [0.05, 0.1) is 6.54 Å². The summed E-state index contributed by atoms with van der Waals surface area (Å²) in [7, 11) is 0. The third kappa shape index (κ3) is 6.48. The monoisotopic (exact) mass is 402 g/mol. The van der Waals surface area contributed by atoms with E-state index in [-0.39, 0.29) is 11.8 Å². The molecule has 0 aromatic heterocycles. The Balaban J connectivity index is 1.57. The van der Waals surface area contributed by atoms with Gasteiger partial charge in [0, 0.05) is 12.0 Å². The number of benzene rings is 3. The Kier molecular flexibility index (Phi) is 7.61. The predicted molar refractivity (Wildman–Crippen MR) is 118 cm³/mol. The fourth-order valence-corrected chi connectivity index (χ4v) is 2.99.